The quantitative estimate of drug-likeness (QED) is 0.521. The van der Waals surface area contributed by atoms with Crippen molar-refractivity contribution in [1.82, 2.24) is 10.9 Å². The van der Waals surface area contributed by atoms with Gasteiger partial charge in [-0.25, -0.2) is 0 Å². The average Bonchev–Trinajstić information content (AvgIpc) is 2.70. The van der Waals surface area contributed by atoms with Crippen molar-refractivity contribution in [1.29, 1.82) is 0 Å². The number of esters is 1. The molecule has 0 spiro atoms. The fraction of sp³-hybridized carbons (Fsp3) is 0.200. The Balaban J connectivity index is 1.87. The van der Waals surface area contributed by atoms with Crippen LogP contribution in [0.25, 0.3) is 0 Å². The Hall–Kier alpha value is -3.68. The van der Waals surface area contributed by atoms with Crippen molar-refractivity contribution in [3.8, 4) is 0 Å². The molecule has 0 radical (unpaired) electrons. The van der Waals surface area contributed by atoms with Crippen LogP contribution in [0.15, 0.2) is 48.5 Å². The summed E-state index contributed by atoms with van der Waals surface area (Å²) in [6.45, 7) is 1.85. The van der Waals surface area contributed by atoms with E-state index in [0.29, 0.717) is 16.8 Å². The van der Waals surface area contributed by atoms with E-state index in [4.69, 9.17) is 0 Å². The first-order valence-electron chi connectivity index (χ1n) is 8.53. The van der Waals surface area contributed by atoms with Crippen molar-refractivity contribution >= 4 is 29.4 Å². The summed E-state index contributed by atoms with van der Waals surface area (Å²) in [5.74, 6) is -1.79. The number of methoxy groups -OCH3 is 1. The lowest BCUT2D eigenvalue weighted by Gasteiger charge is -2.09. The van der Waals surface area contributed by atoms with Gasteiger partial charge >= 0.3 is 5.97 Å². The molecule has 0 saturated carbocycles. The van der Waals surface area contributed by atoms with Crippen LogP contribution in [0.1, 0.15) is 39.1 Å². The number of ether oxygens (including phenoxy) is 1. The maximum atomic E-state index is 12.3. The van der Waals surface area contributed by atoms with Crippen molar-refractivity contribution in [2.45, 2.75) is 19.8 Å². The fourth-order valence-corrected chi connectivity index (χ4v) is 2.31. The Kier molecular flexibility index (Phi) is 7.27. The molecule has 2 aromatic rings. The first-order valence-corrected chi connectivity index (χ1v) is 8.53. The zero-order valence-electron chi connectivity index (χ0n) is 15.6. The van der Waals surface area contributed by atoms with E-state index in [2.05, 4.69) is 20.9 Å². The highest BCUT2D eigenvalue weighted by Gasteiger charge is 2.11. The number of rotatable bonds is 6. The SMILES string of the molecule is COC(=O)CCC(=O)NNC(=O)c1ccc(NC(=O)c2ccccc2C)cc1. The molecule has 0 unspecified atom stereocenters. The lowest BCUT2D eigenvalue weighted by molar-refractivity contribution is -0.142. The van der Waals surface area contributed by atoms with Crippen LogP contribution in [0.2, 0.25) is 0 Å². The zero-order valence-corrected chi connectivity index (χ0v) is 15.6. The Labute approximate surface area is 162 Å². The predicted octanol–water partition coefficient (Wildman–Crippen LogP) is 1.96. The first kappa shape index (κ1) is 20.6. The fourth-order valence-electron chi connectivity index (χ4n) is 2.31. The minimum Gasteiger partial charge on any atom is -0.469 e. The van der Waals surface area contributed by atoms with E-state index < -0.39 is 17.8 Å². The molecule has 0 aromatic heterocycles. The summed E-state index contributed by atoms with van der Waals surface area (Å²) in [6, 6.07) is 13.4. The summed E-state index contributed by atoms with van der Waals surface area (Å²) in [5, 5.41) is 2.76. The number of carbonyl (C=O) groups is 4. The normalized spacial score (nSPS) is 9.93. The summed E-state index contributed by atoms with van der Waals surface area (Å²) in [4.78, 5) is 46.9. The van der Waals surface area contributed by atoms with E-state index in [0.717, 1.165) is 5.56 Å². The molecule has 0 fully saturated rings. The molecule has 146 valence electrons. The molecule has 3 N–H and O–H groups in total. The third kappa shape index (κ3) is 5.94. The van der Waals surface area contributed by atoms with E-state index >= 15 is 0 Å². The van der Waals surface area contributed by atoms with Crippen molar-refractivity contribution in [3.05, 3.63) is 65.2 Å². The van der Waals surface area contributed by atoms with E-state index in [1.807, 2.05) is 19.1 Å². The number of hydrogen-bond acceptors (Lipinski definition) is 5. The Morgan fingerprint density at radius 2 is 1.54 bits per heavy atom. The number of carbonyl (C=O) groups excluding carboxylic acids is 4. The van der Waals surface area contributed by atoms with Crippen molar-refractivity contribution in [2.75, 3.05) is 12.4 Å². The van der Waals surface area contributed by atoms with E-state index in [-0.39, 0.29) is 18.7 Å². The van der Waals surface area contributed by atoms with Crippen molar-refractivity contribution < 1.29 is 23.9 Å². The van der Waals surface area contributed by atoms with Crippen LogP contribution in [0.5, 0.6) is 0 Å². The number of anilines is 1. The lowest BCUT2D eigenvalue weighted by atomic mass is 10.1. The number of aryl methyl sites for hydroxylation is 1. The van der Waals surface area contributed by atoms with Crippen LogP contribution < -0.4 is 16.2 Å². The highest BCUT2D eigenvalue weighted by Crippen LogP contribution is 2.13. The van der Waals surface area contributed by atoms with E-state index in [9.17, 15) is 19.2 Å². The van der Waals surface area contributed by atoms with Crippen LogP contribution in [0.4, 0.5) is 5.69 Å². The number of amides is 3. The molecule has 0 aliphatic carbocycles. The van der Waals surface area contributed by atoms with E-state index in [1.165, 1.54) is 19.2 Å². The summed E-state index contributed by atoms with van der Waals surface area (Å²) in [7, 11) is 1.23. The van der Waals surface area contributed by atoms with Gasteiger partial charge in [-0.3, -0.25) is 30.0 Å². The van der Waals surface area contributed by atoms with Crippen LogP contribution in [-0.4, -0.2) is 30.8 Å². The second kappa shape index (κ2) is 9.86. The molecule has 0 bridgehead atoms. The molecule has 3 amide bonds. The summed E-state index contributed by atoms with van der Waals surface area (Å²) >= 11 is 0. The van der Waals surface area contributed by atoms with Gasteiger partial charge in [-0.1, -0.05) is 18.2 Å². The highest BCUT2D eigenvalue weighted by molar-refractivity contribution is 6.05. The van der Waals surface area contributed by atoms with Crippen LogP contribution in [-0.2, 0) is 14.3 Å². The third-order valence-corrected chi connectivity index (χ3v) is 3.89. The van der Waals surface area contributed by atoms with Crippen LogP contribution in [0.3, 0.4) is 0 Å². The number of benzene rings is 2. The predicted molar refractivity (Wildman–Crippen MR) is 102 cm³/mol. The molecular weight excluding hydrogens is 362 g/mol. The Morgan fingerprint density at radius 3 is 2.18 bits per heavy atom. The molecule has 0 heterocycles. The minimum atomic E-state index is -0.525. The maximum Gasteiger partial charge on any atom is 0.306 e. The smallest absolute Gasteiger partial charge is 0.306 e. The second-order valence-electron chi connectivity index (χ2n) is 5.92. The second-order valence-corrected chi connectivity index (χ2v) is 5.92. The number of nitrogens with one attached hydrogen (secondary N) is 3. The first-order chi connectivity index (χ1) is 13.4. The molecule has 8 heteroatoms. The third-order valence-electron chi connectivity index (χ3n) is 3.89. The number of hydrazine groups is 1. The van der Waals surface area contributed by atoms with E-state index in [1.54, 1.807) is 24.3 Å². The standard InChI is InChI=1S/C20H21N3O5/c1-13-5-3-4-6-16(13)20(27)21-15-9-7-14(8-10-15)19(26)23-22-17(24)11-12-18(25)28-2/h3-10H,11-12H2,1-2H3,(H,21,27)(H,22,24)(H,23,26). The van der Waals surface area contributed by atoms with Crippen molar-refractivity contribution in [3.63, 3.8) is 0 Å². The van der Waals surface area contributed by atoms with Gasteiger partial charge in [0.15, 0.2) is 0 Å². The van der Waals surface area contributed by atoms with Crippen molar-refractivity contribution in [2.24, 2.45) is 0 Å². The topological polar surface area (TPSA) is 114 Å². The molecule has 0 aliphatic heterocycles. The lowest BCUT2D eigenvalue weighted by Crippen LogP contribution is -2.41. The molecular formula is C20H21N3O5. The van der Waals surface area contributed by atoms with Gasteiger partial charge in [0, 0.05) is 23.2 Å². The van der Waals surface area contributed by atoms with Gasteiger partial charge in [-0.2, -0.15) is 0 Å². The Bertz CT molecular complexity index is 878. The molecule has 28 heavy (non-hydrogen) atoms. The van der Waals surface area contributed by atoms with Gasteiger partial charge in [0.05, 0.1) is 13.5 Å². The van der Waals surface area contributed by atoms with Gasteiger partial charge in [0.25, 0.3) is 11.8 Å². The number of hydrogen-bond donors (Lipinski definition) is 3. The molecule has 8 nitrogen and oxygen atoms in total. The van der Waals surface area contributed by atoms with Gasteiger partial charge < -0.3 is 10.1 Å². The minimum absolute atomic E-state index is 0.0759. The molecule has 2 rings (SSSR count). The van der Waals surface area contributed by atoms with Crippen LogP contribution >= 0.6 is 0 Å². The monoisotopic (exact) mass is 383 g/mol. The van der Waals surface area contributed by atoms with Gasteiger partial charge in [0.1, 0.15) is 0 Å². The van der Waals surface area contributed by atoms with Crippen LogP contribution in [0, 0.1) is 6.92 Å². The summed E-state index contributed by atoms with van der Waals surface area (Å²) in [5.41, 5.74) is 6.73. The summed E-state index contributed by atoms with van der Waals surface area (Å²) < 4.78 is 4.43. The maximum absolute atomic E-state index is 12.3. The Morgan fingerprint density at radius 1 is 0.857 bits per heavy atom. The molecule has 0 aliphatic rings. The largest absolute Gasteiger partial charge is 0.469 e. The summed E-state index contributed by atoms with van der Waals surface area (Å²) in [6.07, 6.45) is -0.176. The molecule has 2 aromatic carbocycles. The average molecular weight is 383 g/mol. The van der Waals surface area contributed by atoms with Gasteiger partial charge in [0.2, 0.25) is 5.91 Å². The zero-order chi connectivity index (χ0) is 20.5. The molecule has 0 atom stereocenters. The van der Waals surface area contributed by atoms with Gasteiger partial charge in [-0.15, -0.1) is 0 Å². The van der Waals surface area contributed by atoms with Gasteiger partial charge in [-0.05, 0) is 42.8 Å². The highest BCUT2D eigenvalue weighted by atomic mass is 16.5. The molecule has 0 saturated heterocycles.